The highest BCUT2D eigenvalue weighted by molar-refractivity contribution is 5.96. The first-order chi connectivity index (χ1) is 13.3. The molecule has 1 amide bonds. The van der Waals surface area contributed by atoms with E-state index in [1.165, 1.54) is 0 Å². The summed E-state index contributed by atoms with van der Waals surface area (Å²) in [7, 11) is 0. The van der Waals surface area contributed by atoms with Crippen molar-refractivity contribution in [1.29, 1.82) is 0 Å². The zero-order chi connectivity index (χ0) is 18.5. The van der Waals surface area contributed by atoms with Crippen molar-refractivity contribution in [2.75, 3.05) is 13.2 Å². The van der Waals surface area contributed by atoms with Crippen LogP contribution in [0.2, 0.25) is 0 Å². The number of hydrogen-bond donors (Lipinski definition) is 1. The van der Waals surface area contributed by atoms with Gasteiger partial charge in [0.05, 0.1) is 12.4 Å². The van der Waals surface area contributed by atoms with Crippen molar-refractivity contribution in [2.45, 2.75) is 6.61 Å². The largest absolute Gasteiger partial charge is 0.444 e. The van der Waals surface area contributed by atoms with Gasteiger partial charge in [0.2, 0.25) is 0 Å². The summed E-state index contributed by atoms with van der Waals surface area (Å²) >= 11 is 0. The Morgan fingerprint density at radius 3 is 2.56 bits per heavy atom. The molecule has 2 heterocycles. The second-order valence-electron chi connectivity index (χ2n) is 6.43. The topological polar surface area (TPSA) is 53.9 Å². The van der Waals surface area contributed by atoms with Crippen molar-refractivity contribution in [1.82, 2.24) is 10.2 Å². The van der Waals surface area contributed by atoms with Gasteiger partial charge in [0, 0.05) is 24.4 Å². The summed E-state index contributed by atoms with van der Waals surface area (Å²) in [5.41, 5.74) is 3.82. The number of benzene rings is 2. The Kier molecular flexibility index (Phi) is 5.12. The minimum atomic E-state index is -0.393. The van der Waals surface area contributed by atoms with E-state index in [4.69, 9.17) is 4.74 Å². The summed E-state index contributed by atoms with van der Waals surface area (Å²) in [4.78, 5) is 18.8. The van der Waals surface area contributed by atoms with Gasteiger partial charge < -0.3 is 4.74 Å². The molecule has 2 aromatic carbocycles. The number of carbonyl (C=O) groups is 1. The number of ether oxygens (including phenoxy) is 1. The highest BCUT2D eigenvalue weighted by atomic mass is 16.6. The average Bonchev–Trinajstić information content (AvgIpc) is 3.28. The molecule has 0 aliphatic carbocycles. The number of nitrogens with zero attached hydrogens (tertiary/aromatic N) is 2. The number of hydrogen-bond acceptors (Lipinski definition) is 4. The zero-order valence-corrected chi connectivity index (χ0v) is 14.9. The normalized spacial score (nSPS) is 18.8. The highest BCUT2D eigenvalue weighted by Gasteiger charge is 2.26. The van der Waals surface area contributed by atoms with Crippen LogP contribution in [0.3, 0.4) is 0 Å². The Morgan fingerprint density at radius 1 is 1.11 bits per heavy atom. The van der Waals surface area contributed by atoms with Crippen LogP contribution >= 0.6 is 0 Å². The van der Waals surface area contributed by atoms with Crippen LogP contribution in [0.5, 0.6) is 0 Å². The van der Waals surface area contributed by atoms with E-state index in [1.54, 1.807) is 11.1 Å². The molecule has 1 unspecified atom stereocenters. The molecule has 0 aromatic heterocycles. The third-order valence-electron chi connectivity index (χ3n) is 4.60. The fraction of sp³-hybridized carbons (Fsp3) is 0.182. The Balaban J connectivity index is 1.56. The van der Waals surface area contributed by atoms with Gasteiger partial charge in [-0.2, -0.15) is 0 Å². The molecule has 2 aromatic rings. The van der Waals surface area contributed by atoms with Crippen molar-refractivity contribution in [3.63, 3.8) is 0 Å². The van der Waals surface area contributed by atoms with Gasteiger partial charge in [0.25, 0.3) is 0 Å². The summed E-state index contributed by atoms with van der Waals surface area (Å²) in [6.45, 7) is 1.66. The number of carbonyl (C=O) groups excluding carboxylic acids is 1. The standard InChI is InChI=1S/C22H21N3O2/c26-22(27-15-17-7-3-1-4-8-17)25-12-11-19(20-14-23-16-24-20)13-21(25)18-9-5-2-6-10-18/h1-13,19,23H,14-16H2. The minimum absolute atomic E-state index is 0.0772. The van der Waals surface area contributed by atoms with Gasteiger partial charge >= 0.3 is 6.09 Å². The van der Waals surface area contributed by atoms with Gasteiger partial charge in [0.1, 0.15) is 6.61 Å². The summed E-state index contributed by atoms with van der Waals surface area (Å²) in [6, 6.07) is 19.6. The van der Waals surface area contributed by atoms with Crippen molar-refractivity contribution >= 4 is 17.5 Å². The molecule has 0 saturated heterocycles. The molecule has 1 atom stereocenters. The van der Waals surface area contributed by atoms with E-state index in [1.807, 2.05) is 66.7 Å². The van der Waals surface area contributed by atoms with E-state index in [0.29, 0.717) is 6.67 Å². The lowest BCUT2D eigenvalue weighted by Gasteiger charge is -2.27. The Labute approximate surface area is 158 Å². The molecule has 4 rings (SSSR count). The van der Waals surface area contributed by atoms with Crippen LogP contribution in [0.1, 0.15) is 11.1 Å². The van der Waals surface area contributed by atoms with Crippen molar-refractivity contribution in [3.05, 3.63) is 90.1 Å². The van der Waals surface area contributed by atoms with Crippen LogP contribution in [-0.2, 0) is 11.3 Å². The lowest BCUT2D eigenvalue weighted by Crippen LogP contribution is -2.30. The van der Waals surface area contributed by atoms with E-state index in [2.05, 4.69) is 16.4 Å². The molecule has 0 bridgehead atoms. The maximum atomic E-state index is 12.8. The average molecular weight is 359 g/mol. The monoisotopic (exact) mass is 359 g/mol. The quantitative estimate of drug-likeness (QED) is 0.903. The van der Waals surface area contributed by atoms with Crippen LogP contribution in [0.15, 0.2) is 84.0 Å². The van der Waals surface area contributed by atoms with Crippen LogP contribution < -0.4 is 5.32 Å². The molecule has 2 aliphatic heterocycles. The van der Waals surface area contributed by atoms with Gasteiger partial charge in [-0.25, -0.2) is 4.79 Å². The maximum Gasteiger partial charge on any atom is 0.418 e. The van der Waals surface area contributed by atoms with Crippen LogP contribution in [0.4, 0.5) is 4.79 Å². The van der Waals surface area contributed by atoms with E-state index in [9.17, 15) is 4.79 Å². The Hall–Kier alpha value is -3.18. The Bertz CT molecular complexity index is 888. The predicted octanol–water partition coefficient (Wildman–Crippen LogP) is 3.81. The predicted molar refractivity (Wildman–Crippen MR) is 106 cm³/mol. The molecule has 27 heavy (non-hydrogen) atoms. The minimum Gasteiger partial charge on any atom is -0.444 e. The second kappa shape index (κ2) is 8.01. The molecular weight excluding hydrogens is 338 g/mol. The van der Waals surface area contributed by atoms with Crippen LogP contribution in [-0.4, -0.2) is 29.9 Å². The lowest BCUT2D eigenvalue weighted by molar-refractivity contribution is 0.123. The third-order valence-corrected chi connectivity index (χ3v) is 4.60. The molecule has 0 fully saturated rings. The molecular formula is C22H21N3O2. The number of rotatable bonds is 4. The first-order valence-electron chi connectivity index (χ1n) is 9.01. The van der Waals surface area contributed by atoms with Gasteiger partial charge in [-0.1, -0.05) is 66.7 Å². The van der Waals surface area contributed by atoms with E-state index in [0.717, 1.165) is 29.1 Å². The molecule has 0 radical (unpaired) electrons. The molecule has 5 heteroatoms. The van der Waals surface area contributed by atoms with Crippen molar-refractivity contribution < 1.29 is 9.53 Å². The fourth-order valence-corrected chi connectivity index (χ4v) is 3.19. The van der Waals surface area contributed by atoms with Crippen LogP contribution in [0.25, 0.3) is 5.70 Å². The number of nitrogens with one attached hydrogen (secondary N) is 1. The highest BCUT2D eigenvalue weighted by Crippen LogP contribution is 2.28. The zero-order valence-electron chi connectivity index (χ0n) is 14.9. The van der Waals surface area contributed by atoms with Crippen LogP contribution in [0, 0.1) is 5.92 Å². The van der Waals surface area contributed by atoms with Gasteiger partial charge in [-0.05, 0) is 17.2 Å². The first-order valence-corrected chi connectivity index (χ1v) is 9.01. The third kappa shape index (κ3) is 3.99. The number of aliphatic imine (C=N–C) groups is 1. The van der Waals surface area contributed by atoms with Crippen molar-refractivity contribution in [2.24, 2.45) is 10.9 Å². The molecule has 0 spiro atoms. The van der Waals surface area contributed by atoms with E-state index < -0.39 is 6.09 Å². The summed E-state index contributed by atoms with van der Waals surface area (Å²) in [6.07, 6.45) is 5.46. The second-order valence-corrected chi connectivity index (χ2v) is 6.43. The first kappa shape index (κ1) is 17.2. The summed E-state index contributed by atoms with van der Waals surface area (Å²) in [5.74, 6) is 0.0772. The molecule has 2 aliphatic rings. The summed E-state index contributed by atoms with van der Waals surface area (Å²) < 4.78 is 5.53. The van der Waals surface area contributed by atoms with Crippen molar-refractivity contribution in [3.8, 4) is 0 Å². The lowest BCUT2D eigenvalue weighted by atomic mass is 9.96. The van der Waals surface area contributed by atoms with E-state index in [-0.39, 0.29) is 12.5 Å². The number of allylic oxidation sites excluding steroid dienone is 2. The molecule has 1 N–H and O–H groups in total. The molecule has 136 valence electrons. The summed E-state index contributed by atoms with van der Waals surface area (Å²) in [5, 5.41) is 3.22. The Morgan fingerprint density at radius 2 is 1.85 bits per heavy atom. The molecule has 5 nitrogen and oxygen atoms in total. The van der Waals surface area contributed by atoms with Gasteiger partial charge in [0.15, 0.2) is 0 Å². The van der Waals surface area contributed by atoms with Gasteiger partial charge in [-0.15, -0.1) is 0 Å². The smallest absolute Gasteiger partial charge is 0.418 e. The van der Waals surface area contributed by atoms with Gasteiger partial charge in [-0.3, -0.25) is 15.2 Å². The van der Waals surface area contributed by atoms with E-state index >= 15 is 0 Å². The number of amides is 1. The maximum absolute atomic E-state index is 12.8. The fourth-order valence-electron chi connectivity index (χ4n) is 3.19. The SMILES string of the molecule is O=C(OCc1ccccc1)N1C=CC(C2=NCNC2)C=C1c1ccccc1. The molecule has 0 saturated carbocycles.